The fourth-order valence-electron chi connectivity index (χ4n) is 3.01. The first-order valence-electron chi connectivity index (χ1n) is 9.23. The van der Waals surface area contributed by atoms with Gasteiger partial charge < -0.3 is 0 Å². The maximum atomic E-state index is 13.4. The zero-order valence-electron chi connectivity index (χ0n) is 16.5. The summed E-state index contributed by atoms with van der Waals surface area (Å²) in [5.74, 6) is -0.253. The van der Waals surface area contributed by atoms with Gasteiger partial charge in [-0.05, 0) is 38.0 Å². The molecule has 144 valence electrons. The van der Waals surface area contributed by atoms with E-state index < -0.39 is 0 Å². The number of anilines is 2. The molecule has 2 heterocycles. The van der Waals surface area contributed by atoms with Gasteiger partial charge in [0.05, 0.1) is 17.6 Å². The van der Waals surface area contributed by atoms with E-state index in [0.717, 1.165) is 28.1 Å². The Hall–Kier alpha value is -3.38. The van der Waals surface area contributed by atoms with Crippen LogP contribution in [0.4, 0.5) is 10.8 Å². The van der Waals surface area contributed by atoms with E-state index in [9.17, 15) is 4.79 Å². The summed E-state index contributed by atoms with van der Waals surface area (Å²) < 4.78 is 0. The molecule has 0 N–H and O–H groups in total. The number of amides is 1. The summed E-state index contributed by atoms with van der Waals surface area (Å²) in [6.07, 6.45) is 4.56. The fraction of sp³-hybridized carbons (Fsp3) is 0.130. The zero-order valence-corrected chi connectivity index (χ0v) is 17.3. The van der Waals surface area contributed by atoms with Crippen LogP contribution in [0.15, 0.2) is 66.4 Å². The number of rotatable bonds is 4. The molecule has 0 aliphatic rings. The van der Waals surface area contributed by atoms with Crippen LogP contribution in [0.3, 0.4) is 0 Å². The van der Waals surface area contributed by atoms with Gasteiger partial charge in [-0.25, -0.2) is 9.97 Å². The van der Waals surface area contributed by atoms with E-state index in [1.165, 1.54) is 29.3 Å². The molecule has 0 aliphatic carbocycles. The molecule has 0 radical (unpaired) electrons. The Labute approximate surface area is 173 Å². The van der Waals surface area contributed by atoms with Gasteiger partial charge >= 0.3 is 0 Å². The minimum atomic E-state index is -0.253. The van der Waals surface area contributed by atoms with Crippen molar-refractivity contribution in [3.63, 3.8) is 0 Å². The quantitative estimate of drug-likeness (QED) is 0.454. The van der Waals surface area contributed by atoms with Gasteiger partial charge in [0.1, 0.15) is 5.69 Å². The number of hydrogen-bond donors (Lipinski definition) is 0. The average Bonchev–Trinajstić information content (AvgIpc) is 3.21. The lowest BCUT2D eigenvalue weighted by atomic mass is 10.1. The molecule has 2 aromatic heterocycles. The highest BCUT2D eigenvalue weighted by Gasteiger charge is 2.25. The standard InChI is InChI=1S/C23H20N4OS/c1-15-5-8-18(9-6-15)20-14-29-23(26-20)27(21-12-16(2)4-7-17(21)3)22(28)19-13-24-10-11-25-19/h4-14H,1-3H3. The molecule has 1 amide bonds. The summed E-state index contributed by atoms with van der Waals surface area (Å²) in [7, 11) is 0. The molecule has 0 spiro atoms. The molecule has 0 aliphatic heterocycles. The summed E-state index contributed by atoms with van der Waals surface area (Å²) in [6, 6.07) is 14.2. The molecule has 29 heavy (non-hydrogen) atoms. The van der Waals surface area contributed by atoms with Crippen LogP contribution in [0.25, 0.3) is 11.3 Å². The molecule has 0 atom stereocenters. The van der Waals surface area contributed by atoms with Crippen molar-refractivity contribution in [3.05, 3.63) is 88.8 Å². The highest BCUT2D eigenvalue weighted by Crippen LogP contribution is 2.35. The minimum absolute atomic E-state index is 0.253. The molecule has 5 nitrogen and oxygen atoms in total. The second kappa shape index (κ2) is 7.93. The third-order valence-corrected chi connectivity index (χ3v) is 5.45. The molecular weight excluding hydrogens is 380 g/mol. The Balaban J connectivity index is 1.82. The Morgan fingerprint density at radius 1 is 0.966 bits per heavy atom. The van der Waals surface area contributed by atoms with Gasteiger partial charge in [-0.3, -0.25) is 14.7 Å². The monoisotopic (exact) mass is 400 g/mol. The van der Waals surface area contributed by atoms with Gasteiger partial charge in [-0.15, -0.1) is 11.3 Å². The molecule has 0 fully saturated rings. The lowest BCUT2D eigenvalue weighted by molar-refractivity contribution is 0.0994. The van der Waals surface area contributed by atoms with E-state index in [1.807, 2.05) is 49.6 Å². The van der Waals surface area contributed by atoms with Gasteiger partial charge in [0.15, 0.2) is 5.13 Å². The normalized spacial score (nSPS) is 10.7. The number of hydrogen-bond acceptors (Lipinski definition) is 5. The number of carbonyl (C=O) groups is 1. The topological polar surface area (TPSA) is 59.0 Å². The van der Waals surface area contributed by atoms with Crippen molar-refractivity contribution < 1.29 is 4.79 Å². The van der Waals surface area contributed by atoms with Crippen molar-refractivity contribution in [1.82, 2.24) is 15.0 Å². The second-order valence-electron chi connectivity index (χ2n) is 6.90. The van der Waals surface area contributed by atoms with E-state index in [2.05, 4.69) is 29.0 Å². The Kier molecular flexibility index (Phi) is 5.18. The summed E-state index contributed by atoms with van der Waals surface area (Å²) in [5, 5.41) is 2.58. The molecular formula is C23H20N4OS. The van der Waals surface area contributed by atoms with Crippen LogP contribution >= 0.6 is 11.3 Å². The Morgan fingerprint density at radius 2 is 1.72 bits per heavy atom. The van der Waals surface area contributed by atoms with Crippen molar-refractivity contribution >= 4 is 28.1 Å². The number of nitrogens with zero attached hydrogens (tertiary/aromatic N) is 4. The van der Waals surface area contributed by atoms with Crippen LogP contribution in [0.2, 0.25) is 0 Å². The van der Waals surface area contributed by atoms with E-state index in [1.54, 1.807) is 11.1 Å². The van der Waals surface area contributed by atoms with Crippen LogP contribution in [0.1, 0.15) is 27.2 Å². The molecule has 0 saturated heterocycles. The van der Waals surface area contributed by atoms with Crippen molar-refractivity contribution in [1.29, 1.82) is 0 Å². The molecule has 0 saturated carbocycles. The van der Waals surface area contributed by atoms with Gasteiger partial charge in [0, 0.05) is 23.3 Å². The third-order valence-electron chi connectivity index (χ3n) is 4.62. The van der Waals surface area contributed by atoms with Gasteiger partial charge in [0.2, 0.25) is 0 Å². The Bertz CT molecular complexity index is 1150. The van der Waals surface area contributed by atoms with Gasteiger partial charge in [-0.2, -0.15) is 0 Å². The lowest BCUT2D eigenvalue weighted by Crippen LogP contribution is -2.27. The lowest BCUT2D eigenvalue weighted by Gasteiger charge is -2.22. The van der Waals surface area contributed by atoms with Gasteiger partial charge in [-0.1, -0.05) is 42.0 Å². The van der Waals surface area contributed by atoms with E-state index >= 15 is 0 Å². The van der Waals surface area contributed by atoms with Crippen molar-refractivity contribution in [2.75, 3.05) is 4.90 Å². The number of carbonyl (C=O) groups excluding carboxylic acids is 1. The summed E-state index contributed by atoms with van der Waals surface area (Å²) in [4.78, 5) is 28.1. The predicted octanol–water partition coefficient (Wildman–Crippen LogP) is 5.50. The van der Waals surface area contributed by atoms with Crippen molar-refractivity contribution in [2.45, 2.75) is 20.8 Å². The fourth-order valence-corrected chi connectivity index (χ4v) is 3.85. The molecule has 0 bridgehead atoms. The largest absolute Gasteiger partial charge is 0.284 e. The highest BCUT2D eigenvalue weighted by molar-refractivity contribution is 7.14. The maximum absolute atomic E-state index is 13.4. The van der Waals surface area contributed by atoms with Gasteiger partial charge in [0.25, 0.3) is 5.91 Å². The summed E-state index contributed by atoms with van der Waals surface area (Å²) >= 11 is 1.43. The second-order valence-corrected chi connectivity index (χ2v) is 7.74. The first-order valence-corrected chi connectivity index (χ1v) is 10.1. The smallest absolute Gasteiger partial charge is 0.266 e. The predicted molar refractivity (Wildman–Crippen MR) is 117 cm³/mol. The van der Waals surface area contributed by atoms with E-state index in [0.29, 0.717) is 5.13 Å². The van der Waals surface area contributed by atoms with Crippen LogP contribution < -0.4 is 4.90 Å². The number of thiazole rings is 1. The van der Waals surface area contributed by atoms with Crippen molar-refractivity contribution in [3.8, 4) is 11.3 Å². The maximum Gasteiger partial charge on any atom is 0.284 e. The molecule has 0 unspecified atom stereocenters. The highest BCUT2D eigenvalue weighted by atomic mass is 32.1. The van der Waals surface area contributed by atoms with Crippen molar-refractivity contribution in [2.24, 2.45) is 0 Å². The molecule has 4 aromatic rings. The minimum Gasteiger partial charge on any atom is -0.266 e. The molecule has 6 heteroatoms. The molecule has 4 rings (SSSR count). The van der Waals surface area contributed by atoms with E-state index in [-0.39, 0.29) is 11.6 Å². The molecule has 2 aromatic carbocycles. The summed E-state index contributed by atoms with van der Waals surface area (Å²) in [5.41, 5.74) is 6.18. The van der Waals surface area contributed by atoms with Crippen LogP contribution in [0, 0.1) is 20.8 Å². The van der Waals surface area contributed by atoms with Crippen LogP contribution in [-0.4, -0.2) is 20.9 Å². The zero-order chi connectivity index (χ0) is 20.4. The number of aryl methyl sites for hydroxylation is 3. The van der Waals surface area contributed by atoms with Crippen LogP contribution in [-0.2, 0) is 0 Å². The first kappa shape index (κ1) is 19.0. The summed E-state index contributed by atoms with van der Waals surface area (Å²) in [6.45, 7) is 6.05. The number of aromatic nitrogens is 3. The van der Waals surface area contributed by atoms with Crippen LogP contribution in [0.5, 0.6) is 0 Å². The Morgan fingerprint density at radius 3 is 2.45 bits per heavy atom. The first-order chi connectivity index (χ1) is 14.0. The number of benzene rings is 2. The third kappa shape index (κ3) is 3.93. The SMILES string of the molecule is Cc1ccc(-c2csc(N(C(=O)c3cnccn3)c3cc(C)ccc3C)n2)cc1. The van der Waals surface area contributed by atoms with E-state index in [4.69, 9.17) is 4.98 Å². The average molecular weight is 401 g/mol.